The van der Waals surface area contributed by atoms with Gasteiger partial charge in [0.1, 0.15) is 0 Å². The van der Waals surface area contributed by atoms with Gasteiger partial charge in [-0.1, -0.05) is 58.4 Å². The number of Topliss-reactive ketones (excluding diaryl/α,β-unsaturated/α-hetero) is 1. The molecule has 0 saturated heterocycles. The van der Waals surface area contributed by atoms with Crippen molar-refractivity contribution in [2.45, 2.75) is 4.90 Å². The van der Waals surface area contributed by atoms with Crippen LogP contribution in [0.5, 0.6) is 0 Å². The molecule has 3 nitrogen and oxygen atoms in total. The molecule has 0 aliphatic carbocycles. The van der Waals surface area contributed by atoms with E-state index in [1.165, 1.54) is 11.8 Å². The highest BCUT2D eigenvalue weighted by Gasteiger charge is 2.12. The standard InChI is InChI=1S/C20H14Br2O3S/c21-15-8-5-14(6-9-15)17(23)11-25-19(24)12-26-18-10-7-13-3-1-2-4-16(13)20(18)22/h1-10H,11-12H2. The molecular formula is C20H14Br2O3S. The Morgan fingerprint density at radius 3 is 2.42 bits per heavy atom. The molecule has 0 aliphatic heterocycles. The summed E-state index contributed by atoms with van der Waals surface area (Å²) in [6, 6.07) is 19.0. The lowest BCUT2D eigenvalue weighted by atomic mass is 10.1. The van der Waals surface area contributed by atoms with E-state index in [9.17, 15) is 9.59 Å². The number of ether oxygens (including phenoxy) is 1. The fourth-order valence-electron chi connectivity index (χ4n) is 2.37. The number of benzene rings is 3. The number of esters is 1. The Morgan fingerprint density at radius 1 is 0.923 bits per heavy atom. The second-order valence-corrected chi connectivity index (χ2v) is 8.20. The van der Waals surface area contributed by atoms with Gasteiger partial charge in [0, 0.05) is 19.4 Å². The van der Waals surface area contributed by atoms with Crippen LogP contribution in [-0.4, -0.2) is 24.1 Å². The summed E-state index contributed by atoms with van der Waals surface area (Å²) in [4.78, 5) is 24.9. The number of rotatable bonds is 6. The van der Waals surface area contributed by atoms with Crippen molar-refractivity contribution in [1.29, 1.82) is 0 Å². The third-order valence-corrected chi connectivity index (χ3v) is 6.38. The summed E-state index contributed by atoms with van der Waals surface area (Å²) in [6.45, 7) is -0.250. The maximum absolute atomic E-state index is 12.0. The first kappa shape index (κ1) is 19.1. The largest absolute Gasteiger partial charge is 0.457 e. The first-order valence-electron chi connectivity index (χ1n) is 7.79. The second-order valence-electron chi connectivity index (χ2n) is 5.48. The van der Waals surface area contributed by atoms with Crippen LogP contribution in [0.4, 0.5) is 0 Å². The fourth-order valence-corrected chi connectivity index (χ4v) is 4.23. The molecule has 0 amide bonds. The van der Waals surface area contributed by atoms with E-state index in [1.807, 2.05) is 36.4 Å². The van der Waals surface area contributed by atoms with E-state index >= 15 is 0 Å². The molecule has 132 valence electrons. The van der Waals surface area contributed by atoms with Crippen LogP contribution in [0, 0.1) is 0 Å². The van der Waals surface area contributed by atoms with Crippen molar-refractivity contribution in [3.63, 3.8) is 0 Å². The minimum atomic E-state index is -0.416. The van der Waals surface area contributed by atoms with Gasteiger partial charge in [-0.3, -0.25) is 9.59 Å². The fraction of sp³-hybridized carbons (Fsp3) is 0.100. The zero-order valence-electron chi connectivity index (χ0n) is 13.6. The van der Waals surface area contributed by atoms with Gasteiger partial charge in [-0.25, -0.2) is 0 Å². The number of fused-ring (bicyclic) bond motifs is 1. The number of hydrogen-bond acceptors (Lipinski definition) is 4. The van der Waals surface area contributed by atoms with E-state index in [0.29, 0.717) is 5.56 Å². The van der Waals surface area contributed by atoms with Crippen LogP contribution in [0.2, 0.25) is 0 Å². The molecule has 0 fully saturated rings. The van der Waals surface area contributed by atoms with Crippen LogP contribution in [0.1, 0.15) is 10.4 Å². The van der Waals surface area contributed by atoms with Crippen LogP contribution in [0.3, 0.4) is 0 Å². The van der Waals surface area contributed by atoms with Crippen molar-refractivity contribution >= 4 is 66.1 Å². The SMILES string of the molecule is O=C(CSc1ccc2ccccc2c1Br)OCC(=O)c1ccc(Br)cc1. The summed E-state index contributed by atoms with van der Waals surface area (Å²) in [6.07, 6.45) is 0. The second kappa shape index (κ2) is 8.84. The topological polar surface area (TPSA) is 43.4 Å². The minimum absolute atomic E-state index is 0.143. The predicted molar refractivity (Wildman–Crippen MR) is 112 cm³/mol. The molecule has 6 heteroatoms. The van der Waals surface area contributed by atoms with Crippen molar-refractivity contribution in [3.8, 4) is 0 Å². The third kappa shape index (κ3) is 4.75. The molecule has 0 spiro atoms. The van der Waals surface area contributed by atoms with Crippen LogP contribution >= 0.6 is 43.6 Å². The summed E-state index contributed by atoms with van der Waals surface area (Å²) in [5, 5.41) is 2.22. The summed E-state index contributed by atoms with van der Waals surface area (Å²) in [7, 11) is 0. The maximum atomic E-state index is 12.0. The Morgan fingerprint density at radius 2 is 1.65 bits per heavy atom. The molecule has 26 heavy (non-hydrogen) atoms. The highest BCUT2D eigenvalue weighted by Crippen LogP contribution is 2.34. The highest BCUT2D eigenvalue weighted by molar-refractivity contribution is 9.11. The van der Waals surface area contributed by atoms with Gasteiger partial charge in [-0.2, -0.15) is 0 Å². The monoisotopic (exact) mass is 492 g/mol. The van der Waals surface area contributed by atoms with Gasteiger partial charge in [0.2, 0.25) is 0 Å². The molecule has 0 radical (unpaired) electrons. The van der Waals surface area contributed by atoms with Crippen LogP contribution in [0.15, 0.2) is 74.5 Å². The molecule has 0 bridgehead atoms. The molecule has 0 aliphatic rings. The Bertz CT molecular complexity index is 955. The van der Waals surface area contributed by atoms with E-state index in [0.717, 1.165) is 24.6 Å². The maximum Gasteiger partial charge on any atom is 0.316 e. The summed E-state index contributed by atoms with van der Waals surface area (Å²) in [5.74, 6) is -0.492. The average Bonchev–Trinajstić information content (AvgIpc) is 2.66. The van der Waals surface area contributed by atoms with Crippen molar-refractivity contribution < 1.29 is 14.3 Å². The van der Waals surface area contributed by atoms with Gasteiger partial charge in [-0.15, -0.1) is 11.8 Å². The van der Waals surface area contributed by atoms with Gasteiger partial charge in [0.25, 0.3) is 0 Å². The molecule has 3 aromatic rings. The Labute approximate surface area is 172 Å². The van der Waals surface area contributed by atoms with E-state index < -0.39 is 5.97 Å². The normalized spacial score (nSPS) is 10.7. The van der Waals surface area contributed by atoms with Gasteiger partial charge < -0.3 is 4.74 Å². The van der Waals surface area contributed by atoms with Gasteiger partial charge in [0.05, 0.1) is 5.75 Å². The number of hydrogen-bond donors (Lipinski definition) is 0. The number of carbonyl (C=O) groups is 2. The smallest absolute Gasteiger partial charge is 0.316 e. The van der Waals surface area contributed by atoms with E-state index in [2.05, 4.69) is 31.9 Å². The van der Waals surface area contributed by atoms with E-state index in [1.54, 1.807) is 24.3 Å². The average molecular weight is 494 g/mol. The first-order valence-corrected chi connectivity index (χ1v) is 10.4. The molecule has 3 rings (SSSR count). The van der Waals surface area contributed by atoms with Crippen molar-refractivity contribution in [2.75, 3.05) is 12.4 Å². The Hall–Kier alpha value is -1.63. The molecule has 3 aromatic carbocycles. The summed E-state index contributed by atoms with van der Waals surface area (Å²) in [5.41, 5.74) is 0.519. The predicted octanol–water partition coefficient (Wildman–Crippen LogP) is 5.88. The Kier molecular flexibility index (Phi) is 6.51. The molecule has 0 unspecified atom stereocenters. The number of thioether (sulfide) groups is 1. The molecule has 0 aromatic heterocycles. The lowest BCUT2D eigenvalue weighted by molar-refractivity contribution is -0.139. The highest BCUT2D eigenvalue weighted by atomic mass is 79.9. The first-order chi connectivity index (χ1) is 12.5. The molecular weight excluding hydrogens is 480 g/mol. The molecule has 0 saturated carbocycles. The van der Waals surface area contributed by atoms with Gasteiger partial charge in [0.15, 0.2) is 12.4 Å². The summed E-state index contributed by atoms with van der Waals surface area (Å²) < 4.78 is 6.95. The van der Waals surface area contributed by atoms with Crippen LogP contribution < -0.4 is 0 Å². The lowest BCUT2D eigenvalue weighted by Gasteiger charge is -2.08. The molecule has 0 atom stereocenters. The van der Waals surface area contributed by atoms with Crippen molar-refractivity contribution in [1.82, 2.24) is 0 Å². The van der Waals surface area contributed by atoms with Gasteiger partial charge >= 0.3 is 5.97 Å². The number of halogens is 2. The van der Waals surface area contributed by atoms with Crippen molar-refractivity contribution in [2.24, 2.45) is 0 Å². The van der Waals surface area contributed by atoms with Crippen molar-refractivity contribution in [3.05, 3.63) is 75.2 Å². The zero-order valence-corrected chi connectivity index (χ0v) is 17.6. The van der Waals surface area contributed by atoms with E-state index in [4.69, 9.17) is 4.74 Å². The molecule has 0 N–H and O–H groups in total. The molecule has 0 heterocycles. The van der Waals surface area contributed by atoms with Gasteiger partial charge in [-0.05, 0) is 44.9 Å². The summed E-state index contributed by atoms with van der Waals surface area (Å²) >= 11 is 8.30. The lowest BCUT2D eigenvalue weighted by Crippen LogP contribution is -2.15. The number of ketones is 1. The van der Waals surface area contributed by atoms with E-state index in [-0.39, 0.29) is 18.1 Å². The zero-order chi connectivity index (χ0) is 18.5. The van der Waals surface area contributed by atoms with Crippen LogP contribution in [-0.2, 0) is 9.53 Å². The third-order valence-electron chi connectivity index (χ3n) is 3.70. The Balaban J connectivity index is 1.55. The minimum Gasteiger partial charge on any atom is -0.457 e. The quantitative estimate of drug-likeness (QED) is 0.244. The van der Waals surface area contributed by atoms with Crippen LogP contribution in [0.25, 0.3) is 10.8 Å². The number of carbonyl (C=O) groups excluding carboxylic acids is 2.